The molecule has 106 valence electrons. The van der Waals surface area contributed by atoms with Gasteiger partial charge in [-0.2, -0.15) is 0 Å². The average molecular weight is 306 g/mol. The van der Waals surface area contributed by atoms with E-state index < -0.39 is 12.1 Å². The first-order chi connectivity index (χ1) is 8.90. The fraction of sp³-hybridized carbons (Fsp3) is 0.462. The number of aliphatic carboxylic acids is 1. The first-order valence-electron chi connectivity index (χ1n) is 5.93. The summed E-state index contributed by atoms with van der Waals surface area (Å²) in [7, 11) is 1.82. The Morgan fingerprint density at radius 1 is 1.32 bits per heavy atom. The molecule has 1 rings (SSSR count). The largest absolute Gasteiger partial charge is 0.481 e. The Morgan fingerprint density at radius 2 is 2.00 bits per heavy atom. The van der Waals surface area contributed by atoms with E-state index in [0.717, 1.165) is 0 Å². The highest BCUT2D eigenvalue weighted by Gasteiger charge is 2.11. The fourth-order valence-electron chi connectivity index (χ4n) is 1.63. The maximum atomic E-state index is 10.4. The maximum absolute atomic E-state index is 10.4. The molecule has 0 aliphatic carbocycles. The molecule has 1 aromatic rings. The van der Waals surface area contributed by atoms with Crippen LogP contribution in [0.1, 0.15) is 24.5 Å². The molecule has 0 aliphatic heterocycles. The van der Waals surface area contributed by atoms with Crippen LogP contribution in [0.4, 0.5) is 0 Å². The fourth-order valence-corrected chi connectivity index (χ4v) is 1.93. The molecule has 1 atom stereocenters. The first kappa shape index (κ1) is 16.2. The summed E-state index contributed by atoms with van der Waals surface area (Å²) >= 11 is 11.7. The predicted molar refractivity (Wildman–Crippen MR) is 75.8 cm³/mol. The van der Waals surface area contributed by atoms with Crippen molar-refractivity contribution in [2.45, 2.75) is 18.9 Å². The van der Waals surface area contributed by atoms with Gasteiger partial charge < -0.3 is 15.1 Å². The molecule has 0 bridgehead atoms. The monoisotopic (exact) mass is 305 g/mol. The lowest BCUT2D eigenvalue weighted by Crippen LogP contribution is -2.24. The SMILES string of the molecule is CN(CCC(=O)O)CCC(O)c1ccc(Cl)c(Cl)c1. The molecule has 2 N–H and O–H groups in total. The molecule has 0 spiro atoms. The van der Waals surface area contributed by atoms with Crippen LogP contribution in [-0.4, -0.2) is 41.2 Å². The van der Waals surface area contributed by atoms with Crippen molar-refractivity contribution < 1.29 is 15.0 Å². The maximum Gasteiger partial charge on any atom is 0.304 e. The minimum Gasteiger partial charge on any atom is -0.481 e. The van der Waals surface area contributed by atoms with Crippen LogP contribution in [0.5, 0.6) is 0 Å². The van der Waals surface area contributed by atoms with Gasteiger partial charge in [0.05, 0.1) is 22.6 Å². The third kappa shape index (κ3) is 5.78. The Bertz CT molecular complexity index is 440. The lowest BCUT2D eigenvalue weighted by Gasteiger charge is -2.18. The molecule has 0 heterocycles. The molecule has 1 unspecified atom stereocenters. The molecule has 19 heavy (non-hydrogen) atoms. The van der Waals surface area contributed by atoms with Gasteiger partial charge in [-0.1, -0.05) is 29.3 Å². The number of halogens is 2. The van der Waals surface area contributed by atoms with Gasteiger partial charge in [0.15, 0.2) is 0 Å². The standard InChI is InChI=1S/C13H17Cl2NO3/c1-16(7-5-13(18)19)6-4-12(17)9-2-3-10(14)11(15)8-9/h2-3,8,12,17H,4-7H2,1H3,(H,18,19). The minimum absolute atomic E-state index is 0.0966. The number of aliphatic hydroxyl groups excluding tert-OH is 1. The molecule has 0 aromatic heterocycles. The van der Waals surface area contributed by atoms with E-state index in [-0.39, 0.29) is 6.42 Å². The van der Waals surface area contributed by atoms with E-state index in [2.05, 4.69) is 0 Å². The Hall–Kier alpha value is -0.810. The van der Waals surface area contributed by atoms with Crippen LogP contribution >= 0.6 is 23.2 Å². The quantitative estimate of drug-likeness (QED) is 0.813. The van der Waals surface area contributed by atoms with Crippen molar-refractivity contribution >= 4 is 29.2 Å². The molecule has 0 fully saturated rings. The summed E-state index contributed by atoms with van der Waals surface area (Å²) in [5.41, 5.74) is 0.709. The van der Waals surface area contributed by atoms with Crippen LogP contribution in [-0.2, 0) is 4.79 Å². The number of hydrogen-bond acceptors (Lipinski definition) is 3. The van der Waals surface area contributed by atoms with Crippen LogP contribution in [0, 0.1) is 0 Å². The molecule has 0 radical (unpaired) electrons. The zero-order valence-corrected chi connectivity index (χ0v) is 12.2. The van der Waals surface area contributed by atoms with E-state index in [1.807, 2.05) is 11.9 Å². The summed E-state index contributed by atoms with van der Waals surface area (Å²) in [6, 6.07) is 5.03. The van der Waals surface area contributed by atoms with Crippen LogP contribution < -0.4 is 0 Å². The van der Waals surface area contributed by atoms with E-state index >= 15 is 0 Å². The number of hydrogen-bond donors (Lipinski definition) is 2. The normalized spacial score (nSPS) is 12.7. The molecule has 0 amide bonds. The summed E-state index contributed by atoms with van der Waals surface area (Å²) in [5.74, 6) is -0.822. The van der Waals surface area contributed by atoms with Crippen LogP contribution in [0.15, 0.2) is 18.2 Å². The van der Waals surface area contributed by atoms with Gasteiger partial charge >= 0.3 is 5.97 Å². The highest BCUT2D eigenvalue weighted by Crippen LogP contribution is 2.26. The predicted octanol–water partition coefficient (Wildman–Crippen LogP) is 2.82. The average Bonchev–Trinajstić information content (AvgIpc) is 2.36. The van der Waals surface area contributed by atoms with Crippen molar-refractivity contribution in [3.8, 4) is 0 Å². The number of carboxylic acids is 1. The molecule has 6 heteroatoms. The van der Waals surface area contributed by atoms with Gasteiger partial charge in [-0.3, -0.25) is 4.79 Å². The topological polar surface area (TPSA) is 60.8 Å². The second-order valence-corrected chi connectivity index (χ2v) is 5.24. The lowest BCUT2D eigenvalue weighted by molar-refractivity contribution is -0.137. The number of nitrogens with zero attached hydrogens (tertiary/aromatic N) is 1. The van der Waals surface area contributed by atoms with E-state index in [0.29, 0.717) is 35.1 Å². The second-order valence-electron chi connectivity index (χ2n) is 4.43. The van der Waals surface area contributed by atoms with Crippen molar-refractivity contribution in [2.24, 2.45) is 0 Å². The number of carboxylic acid groups (broad SMARTS) is 1. The van der Waals surface area contributed by atoms with Gasteiger partial charge in [0.1, 0.15) is 0 Å². The summed E-state index contributed by atoms with van der Waals surface area (Å²) in [6.45, 7) is 1.07. The summed E-state index contributed by atoms with van der Waals surface area (Å²) in [5, 5.41) is 19.5. The summed E-state index contributed by atoms with van der Waals surface area (Å²) < 4.78 is 0. The van der Waals surface area contributed by atoms with Crippen molar-refractivity contribution in [1.29, 1.82) is 0 Å². The van der Waals surface area contributed by atoms with Crippen molar-refractivity contribution in [3.63, 3.8) is 0 Å². The smallest absolute Gasteiger partial charge is 0.304 e. The van der Waals surface area contributed by atoms with Gasteiger partial charge in [0.2, 0.25) is 0 Å². The zero-order chi connectivity index (χ0) is 14.4. The second kappa shape index (κ2) is 7.70. The van der Waals surface area contributed by atoms with Crippen LogP contribution in [0.2, 0.25) is 10.0 Å². The summed E-state index contributed by atoms with van der Waals surface area (Å²) in [4.78, 5) is 12.3. The van der Waals surface area contributed by atoms with Gasteiger partial charge in [0, 0.05) is 13.1 Å². The third-order valence-electron chi connectivity index (χ3n) is 2.82. The number of benzene rings is 1. The molecule has 4 nitrogen and oxygen atoms in total. The third-order valence-corrected chi connectivity index (χ3v) is 3.56. The van der Waals surface area contributed by atoms with Gasteiger partial charge in [-0.05, 0) is 31.2 Å². The molecule has 0 aliphatic rings. The van der Waals surface area contributed by atoms with Gasteiger partial charge in [-0.15, -0.1) is 0 Å². The molecular formula is C13H17Cl2NO3. The Kier molecular flexibility index (Phi) is 6.58. The van der Waals surface area contributed by atoms with E-state index in [4.69, 9.17) is 28.3 Å². The van der Waals surface area contributed by atoms with Crippen molar-refractivity contribution in [2.75, 3.05) is 20.1 Å². The highest BCUT2D eigenvalue weighted by atomic mass is 35.5. The summed E-state index contributed by atoms with van der Waals surface area (Å²) in [6.07, 6.45) is -0.0324. The Morgan fingerprint density at radius 3 is 2.58 bits per heavy atom. The van der Waals surface area contributed by atoms with Gasteiger partial charge in [-0.25, -0.2) is 0 Å². The minimum atomic E-state index is -0.822. The Balaban J connectivity index is 2.44. The number of carbonyl (C=O) groups is 1. The van der Waals surface area contributed by atoms with Crippen molar-refractivity contribution in [3.05, 3.63) is 33.8 Å². The van der Waals surface area contributed by atoms with Crippen LogP contribution in [0.25, 0.3) is 0 Å². The zero-order valence-electron chi connectivity index (χ0n) is 10.6. The molecule has 0 saturated heterocycles. The number of rotatable bonds is 7. The lowest BCUT2D eigenvalue weighted by atomic mass is 10.1. The van der Waals surface area contributed by atoms with E-state index in [1.165, 1.54) is 0 Å². The van der Waals surface area contributed by atoms with E-state index in [1.54, 1.807) is 18.2 Å². The van der Waals surface area contributed by atoms with Crippen LogP contribution in [0.3, 0.4) is 0 Å². The number of aliphatic hydroxyl groups is 1. The molecule has 1 aromatic carbocycles. The molecular weight excluding hydrogens is 289 g/mol. The molecule has 0 saturated carbocycles. The van der Waals surface area contributed by atoms with Gasteiger partial charge in [0.25, 0.3) is 0 Å². The Labute approximate surface area is 122 Å². The van der Waals surface area contributed by atoms with E-state index in [9.17, 15) is 9.90 Å². The first-order valence-corrected chi connectivity index (χ1v) is 6.69. The highest BCUT2D eigenvalue weighted by molar-refractivity contribution is 6.42. The van der Waals surface area contributed by atoms with Crippen molar-refractivity contribution in [1.82, 2.24) is 4.90 Å².